The summed E-state index contributed by atoms with van der Waals surface area (Å²) in [6, 6.07) is 6.53. The van der Waals surface area contributed by atoms with Gasteiger partial charge in [-0.05, 0) is 17.7 Å². The summed E-state index contributed by atoms with van der Waals surface area (Å²) in [5, 5.41) is 0. The van der Waals surface area contributed by atoms with Crippen molar-refractivity contribution in [3.63, 3.8) is 0 Å². The van der Waals surface area contributed by atoms with Crippen molar-refractivity contribution in [3.05, 3.63) is 34.3 Å². The second-order valence-corrected chi connectivity index (χ2v) is 3.70. The van der Waals surface area contributed by atoms with E-state index in [1.165, 1.54) is 0 Å². The van der Waals surface area contributed by atoms with Crippen LogP contribution < -0.4 is 5.73 Å². The summed E-state index contributed by atoms with van der Waals surface area (Å²) in [5.41, 5.74) is 6.30. The molecule has 1 atom stereocenters. The van der Waals surface area contributed by atoms with Crippen molar-refractivity contribution in [3.8, 4) is 0 Å². The average molecular weight is 287 g/mol. The molecule has 0 aliphatic carbocycles. The Balaban J connectivity index is 0.00000169. The molecule has 1 nitrogen and oxygen atoms in total. The Morgan fingerprint density at radius 2 is 2.00 bits per heavy atom. The van der Waals surface area contributed by atoms with Gasteiger partial charge in [0.15, 0.2) is 0 Å². The smallest absolute Gasteiger partial charge is 0.240 e. The topological polar surface area (TPSA) is 26.0 Å². The molecule has 14 heavy (non-hydrogen) atoms. The highest BCUT2D eigenvalue weighted by atomic mass is 79.9. The van der Waals surface area contributed by atoms with Crippen LogP contribution in [0.3, 0.4) is 0 Å². The first-order chi connectivity index (χ1) is 6.09. The molecular weight excluding hydrogens is 275 g/mol. The number of halogens is 4. The normalized spacial score (nSPS) is 12.4. The van der Waals surface area contributed by atoms with Crippen LogP contribution in [-0.4, -0.2) is 6.43 Å². The van der Waals surface area contributed by atoms with Gasteiger partial charge in [0.05, 0.1) is 0 Å². The van der Waals surface area contributed by atoms with Crippen molar-refractivity contribution in [2.45, 2.75) is 18.9 Å². The lowest BCUT2D eigenvalue weighted by Crippen LogP contribution is -2.13. The van der Waals surface area contributed by atoms with E-state index in [4.69, 9.17) is 5.73 Å². The van der Waals surface area contributed by atoms with Gasteiger partial charge in [0.25, 0.3) is 0 Å². The molecule has 1 aromatic carbocycles. The van der Waals surface area contributed by atoms with Crippen LogP contribution in [0.5, 0.6) is 0 Å². The van der Waals surface area contributed by atoms with Crippen molar-refractivity contribution < 1.29 is 8.78 Å². The molecule has 0 unspecified atom stereocenters. The fraction of sp³-hybridized carbons (Fsp3) is 0.333. The first-order valence-corrected chi connectivity index (χ1v) is 4.68. The molecule has 5 heteroatoms. The lowest BCUT2D eigenvalue weighted by molar-refractivity contribution is 0.128. The Labute approximate surface area is 96.2 Å². The van der Waals surface area contributed by atoms with Crippen molar-refractivity contribution in [2.24, 2.45) is 5.73 Å². The lowest BCUT2D eigenvalue weighted by Gasteiger charge is -2.11. The Hall–Kier alpha value is -0.190. The molecular formula is C9H11BrClF2N. The number of hydrogen-bond donors (Lipinski definition) is 1. The molecule has 0 amide bonds. The zero-order valence-corrected chi connectivity index (χ0v) is 9.69. The van der Waals surface area contributed by atoms with Crippen LogP contribution in [0, 0.1) is 0 Å². The van der Waals surface area contributed by atoms with Gasteiger partial charge in [-0.25, -0.2) is 8.78 Å². The highest BCUT2D eigenvalue weighted by Crippen LogP contribution is 2.21. The second kappa shape index (κ2) is 6.32. The first-order valence-electron chi connectivity index (χ1n) is 3.89. The number of alkyl halides is 2. The highest BCUT2D eigenvalue weighted by Gasteiger charge is 2.12. The Kier molecular flexibility index (Phi) is 6.24. The van der Waals surface area contributed by atoms with E-state index in [2.05, 4.69) is 15.9 Å². The highest BCUT2D eigenvalue weighted by molar-refractivity contribution is 9.10. The molecule has 0 heterocycles. The molecule has 2 N–H and O–H groups in total. The number of nitrogens with two attached hydrogens (primary N) is 1. The summed E-state index contributed by atoms with van der Waals surface area (Å²) in [6.45, 7) is 0. The molecule has 0 fully saturated rings. The van der Waals surface area contributed by atoms with Crippen LogP contribution in [0.25, 0.3) is 0 Å². The minimum absolute atomic E-state index is 0. The van der Waals surface area contributed by atoms with Crippen LogP contribution >= 0.6 is 28.3 Å². The predicted molar refractivity (Wildman–Crippen MR) is 58.9 cm³/mol. The lowest BCUT2D eigenvalue weighted by atomic mass is 10.1. The van der Waals surface area contributed by atoms with Crippen LogP contribution in [0.15, 0.2) is 28.7 Å². The van der Waals surface area contributed by atoms with E-state index < -0.39 is 12.5 Å². The van der Waals surface area contributed by atoms with Crippen LogP contribution in [-0.2, 0) is 0 Å². The molecule has 0 spiro atoms. The molecule has 0 aliphatic rings. The van der Waals surface area contributed by atoms with E-state index in [1.54, 1.807) is 18.2 Å². The van der Waals surface area contributed by atoms with Gasteiger partial charge < -0.3 is 5.73 Å². The molecule has 1 aromatic rings. The van der Waals surface area contributed by atoms with E-state index in [0.717, 1.165) is 10.0 Å². The van der Waals surface area contributed by atoms with Gasteiger partial charge in [-0.15, -0.1) is 12.4 Å². The van der Waals surface area contributed by atoms with Gasteiger partial charge in [0.1, 0.15) is 0 Å². The third-order valence-electron chi connectivity index (χ3n) is 1.71. The van der Waals surface area contributed by atoms with Crippen molar-refractivity contribution in [1.82, 2.24) is 0 Å². The Bertz CT molecular complexity index is 283. The molecule has 0 radical (unpaired) electrons. The monoisotopic (exact) mass is 285 g/mol. The fourth-order valence-electron chi connectivity index (χ4n) is 1.07. The van der Waals surface area contributed by atoms with Crippen LogP contribution in [0.1, 0.15) is 18.0 Å². The predicted octanol–water partition coefficient (Wildman–Crippen LogP) is 3.53. The third kappa shape index (κ3) is 4.35. The summed E-state index contributed by atoms with van der Waals surface area (Å²) in [6.07, 6.45) is -2.65. The van der Waals surface area contributed by atoms with Crippen LogP contribution in [0.2, 0.25) is 0 Å². The van der Waals surface area contributed by atoms with Crippen molar-refractivity contribution in [1.29, 1.82) is 0 Å². The third-order valence-corrected chi connectivity index (χ3v) is 2.20. The summed E-state index contributed by atoms with van der Waals surface area (Å²) in [7, 11) is 0. The molecule has 0 bridgehead atoms. The van der Waals surface area contributed by atoms with Crippen molar-refractivity contribution >= 4 is 28.3 Å². The van der Waals surface area contributed by atoms with Gasteiger partial charge in [-0.3, -0.25) is 0 Å². The first kappa shape index (κ1) is 13.8. The molecule has 0 aliphatic heterocycles. The SMILES string of the molecule is Cl.N[C@H](CC(F)F)c1cccc(Br)c1. The summed E-state index contributed by atoms with van der Waals surface area (Å²) in [4.78, 5) is 0. The minimum Gasteiger partial charge on any atom is -0.324 e. The van der Waals surface area contributed by atoms with Gasteiger partial charge in [0.2, 0.25) is 6.43 Å². The van der Waals surface area contributed by atoms with E-state index in [0.29, 0.717) is 0 Å². The Morgan fingerprint density at radius 1 is 1.36 bits per heavy atom. The number of rotatable bonds is 3. The largest absolute Gasteiger partial charge is 0.324 e. The van der Waals surface area contributed by atoms with E-state index in [-0.39, 0.29) is 18.8 Å². The maximum absolute atomic E-state index is 12.0. The molecule has 0 saturated heterocycles. The number of hydrogen-bond acceptors (Lipinski definition) is 1. The zero-order chi connectivity index (χ0) is 9.84. The molecule has 0 aromatic heterocycles. The Morgan fingerprint density at radius 3 is 2.50 bits per heavy atom. The van der Waals surface area contributed by atoms with Crippen molar-refractivity contribution in [2.75, 3.05) is 0 Å². The standard InChI is InChI=1S/C9H10BrF2N.ClH/c10-7-3-1-2-6(4-7)8(13)5-9(11)12;/h1-4,8-9H,5,13H2;1H/t8-;/m1./s1. The van der Waals surface area contributed by atoms with E-state index >= 15 is 0 Å². The summed E-state index contributed by atoms with van der Waals surface area (Å²) < 4.78 is 24.8. The molecule has 1 rings (SSSR count). The summed E-state index contributed by atoms with van der Waals surface area (Å²) >= 11 is 3.25. The zero-order valence-electron chi connectivity index (χ0n) is 7.29. The van der Waals surface area contributed by atoms with E-state index in [1.807, 2.05) is 6.07 Å². The van der Waals surface area contributed by atoms with Crippen LogP contribution in [0.4, 0.5) is 8.78 Å². The quantitative estimate of drug-likeness (QED) is 0.904. The number of benzene rings is 1. The maximum atomic E-state index is 12.0. The second-order valence-electron chi connectivity index (χ2n) is 2.79. The van der Waals surface area contributed by atoms with Gasteiger partial charge in [-0.2, -0.15) is 0 Å². The maximum Gasteiger partial charge on any atom is 0.240 e. The van der Waals surface area contributed by atoms with E-state index in [9.17, 15) is 8.78 Å². The summed E-state index contributed by atoms with van der Waals surface area (Å²) in [5.74, 6) is 0. The van der Waals surface area contributed by atoms with Gasteiger partial charge in [-0.1, -0.05) is 28.1 Å². The van der Waals surface area contributed by atoms with Gasteiger partial charge >= 0.3 is 0 Å². The minimum atomic E-state index is -2.35. The molecule has 80 valence electrons. The average Bonchev–Trinajstić information content (AvgIpc) is 2.03. The van der Waals surface area contributed by atoms with Gasteiger partial charge in [0, 0.05) is 16.9 Å². The fourth-order valence-corrected chi connectivity index (χ4v) is 1.48. The molecule has 0 saturated carbocycles.